The molecule has 4 saturated carbocycles. The number of piperidine rings is 1. The van der Waals surface area contributed by atoms with E-state index < -0.39 is 47.6 Å². The molecule has 50 heavy (non-hydrogen) atoms. The maximum Gasteiger partial charge on any atom is 0.336 e. The molecular formula is C37H47NO11S. The van der Waals surface area contributed by atoms with E-state index in [2.05, 4.69) is 35.4 Å². The van der Waals surface area contributed by atoms with Crippen molar-refractivity contribution in [3.8, 4) is 11.5 Å². The van der Waals surface area contributed by atoms with E-state index in [0.717, 1.165) is 57.4 Å². The zero-order chi connectivity index (χ0) is 35.9. The highest BCUT2D eigenvalue weighted by Gasteiger charge is 2.81. The van der Waals surface area contributed by atoms with Crippen molar-refractivity contribution in [1.29, 1.82) is 0 Å². The van der Waals surface area contributed by atoms with Crippen LogP contribution < -0.4 is 4.74 Å². The Morgan fingerprint density at radius 3 is 2.38 bits per heavy atom. The highest BCUT2D eigenvalue weighted by molar-refractivity contribution is 7.09. The minimum absolute atomic E-state index is 0.0155. The predicted molar refractivity (Wildman–Crippen MR) is 180 cm³/mol. The Hall–Kier alpha value is -3.23. The van der Waals surface area contributed by atoms with Gasteiger partial charge in [-0.25, -0.2) is 4.79 Å². The second kappa shape index (κ2) is 12.2. The molecule has 1 aromatic carbocycles. The quantitative estimate of drug-likeness (QED) is 0.187. The molecule has 1 aromatic heterocycles. The number of nitrogens with zero attached hydrogens (tertiary/aromatic N) is 1. The molecule has 272 valence electrons. The standard InChI is InChI=1S/C31H39NO4S.C6H8O7/c1-28(34,10-9-21-4-3-15-37-21)23-17-29-11-12-31(23,35-2)27-30(29)13-14-32(18-19-5-6-19)24(29)16-20-7-8-22(33)26(36-27)25(20)30;7-3(8)1-6(13,5(11)12)2-4(9)10/h3-4,7-8,15,19,23-24,27,33-34H,5-6,9-14,16-18H2,1-2H3;13H,1-2H2,(H,7,8)(H,9,10)(H,11,12)/t23?,24-,27-,28-,29-,30+,31+;/m1./s1. The van der Waals surface area contributed by atoms with Crippen molar-refractivity contribution in [2.75, 3.05) is 20.2 Å². The van der Waals surface area contributed by atoms with E-state index in [9.17, 15) is 24.6 Å². The first-order valence-corrected chi connectivity index (χ1v) is 18.5. The lowest BCUT2D eigenvalue weighted by Gasteiger charge is -2.75. The fraction of sp³-hybridized carbons (Fsp3) is 0.649. The van der Waals surface area contributed by atoms with Crippen molar-refractivity contribution in [3.05, 3.63) is 45.6 Å². The summed E-state index contributed by atoms with van der Waals surface area (Å²) in [5.41, 5.74) is -1.63. The Bertz CT molecular complexity index is 1660. The molecule has 3 heterocycles. The maximum absolute atomic E-state index is 12.3. The molecule has 2 aromatic rings. The minimum atomic E-state index is -2.74. The fourth-order valence-electron chi connectivity index (χ4n) is 10.8. The van der Waals surface area contributed by atoms with Gasteiger partial charge in [0.1, 0.15) is 11.7 Å². The number of carboxylic acids is 3. The number of methoxy groups -OCH3 is 1. The lowest BCUT2D eigenvalue weighted by molar-refractivity contribution is -0.302. The van der Waals surface area contributed by atoms with Crippen molar-refractivity contribution >= 4 is 29.2 Å². The molecule has 1 saturated heterocycles. The van der Waals surface area contributed by atoms with Gasteiger partial charge in [-0.1, -0.05) is 12.1 Å². The number of hydrogen-bond donors (Lipinski definition) is 6. The van der Waals surface area contributed by atoms with Crippen LogP contribution in [0, 0.1) is 17.3 Å². The molecule has 2 spiro atoms. The first-order valence-electron chi connectivity index (χ1n) is 17.6. The average Bonchev–Trinajstić information content (AvgIpc) is 3.55. The average molecular weight is 714 g/mol. The Labute approximate surface area is 294 Å². The predicted octanol–water partition coefficient (Wildman–Crippen LogP) is 3.81. The SMILES string of the molecule is CO[C@@]12CC[C@@]3(CC1[C@](C)(O)CCc1cccs1)[C@H]1Cc4ccc(O)c5c4[C@@]3(CCN1CC1CC1)[C@H]2O5.O=C(O)CC(O)(CC(=O)O)C(=O)O. The number of likely N-dealkylation sites (tertiary alicyclic amines) is 1. The topological polar surface area (TPSA) is 194 Å². The van der Waals surface area contributed by atoms with Crippen LogP contribution in [0.1, 0.15) is 80.7 Å². The number of hydrogen-bond acceptors (Lipinski definition) is 10. The maximum atomic E-state index is 12.3. The zero-order valence-corrected chi connectivity index (χ0v) is 29.3. The summed E-state index contributed by atoms with van der Waals surface area (Å²) in [5, 5.41) is 59.2. The number of aryl methyl sites for hydroxylation is 1. The van der Waals surface area contributed by atoms with Gasteiger partial charge in [0, 0.05) is 46.9 Å². The van der Waals surface area contributed by atoms with E-state index >= 15 is 0 Å². The number of rotatable bonds is 12. The van der Waals surface area contributed by atoms with Crippen LogP contribution >= 0.6 is 11.3 Å². The summed E-state index contributed by atoms with van der Waals surface area (Å²) in [6, 6.07) is 8.75. The first kappa shape index (κ1) is 35.2. The molecule has 9 rings (SSSR count). The number of carboxylic acid groups (broad SMARTS) is 3. The lowest BCUT2D eigenvalue weighted by atomic mass is 9.33. The number of fused-ring (bicyclic) bond motifs is 2. The highest BCUT2D eigenvalue weighted by Crippen LogP contribution is 2.77. The van der Waals surface area contributed by atoms with E-state index in [0.29, 0.717) is 11.8 Å². The van der Waals surface area contributed by atoms with Gasteiger partial charge in [-0.05, 0) is 100 Å². The molecule has 12 nitrogen and oxygen atoms in total. The highest BCUT2D eigenvalue weighted by atomic mass is 32.1. The summed E-state index contributed by atoms with van der Waals surface area (Å²) >= 11 is 1.77. The Morgan fingerprint density at radius 2 is 1.78 bits per heavy atom. The van der Waals surface area contributed by atoms with Crippen molar-refractivity contribution in [3.63, 3.8) is 0 Å². The molecule has 4 bridgehead atoms. The first-order chi connectivity index (χ1) is 23.6. The summed E-state index contributed by atoms with van der Waals surface area (Å²) in [4.78, 5) is 34.6. The Morgan fingerprint density at radius 1 is 1.06 bits per heavy atom. The third-order valence-electron chi connectivity index (χ3n) is 13.2. The smallest absolute Gasteiger partial charge is 0.336 e. The van der Waals surface area contributed by atoms with E-state index in [1.807, 2.05) is 13.2 Å². The van der Waals surface area contributed by atoms with Crippen LogP contribution in [0.3, 0.4) is 0 Å². The van der Waals surface area contributed by atoms with Gasteiger partial charge in [0.05, 0.1) is 18.4 Å². The van der Waals surface area contributed by atoms with Crippen LogP contribution in [-0.2, 0) is 37.4 Å². The van der Waals surface area contributed by atoms with E-state index in [1.54, 1.807) is 11.3 Å². The van der Waals surface area contributed by atoms with Crippen LogP contribution in [0.25, 0.3) is 0 Å². The second-order valence-electron chi connectivity index (χ2n) is 15.8. The zero-order valence-electron chi connectivity index (χ0n) is 28.5. The van der Waals surface area contributed by atoms with Crippen LogP contribution in [0.5, 0.6) is 11.5 Å². The monoisotopic (exact) mass is 713 g/mol. The van der Waals surface area contributed by atoms with Gasteiger partial charge in [-0.15, -0.1) is 11.3 Å². The summed E-state index contributed by atoms with van der Waals surface area (Å²) < 4.78 is 13.5. The molecule has 13 heteroatoms. The summed E-state index contributed by atoms with van der Waals surface area (Å²) in [6.45, 7) is 4.36. The summed E-state index contributed by atoms with van der Waals surface area (Å²) in [7, 11) is 1.84. The molecule has 0 radical (unpaired) electrons. The van der Waals surface area contributed by atoms with E-state index in [1.165, 1.54) is 35.4 Å². The van der Waals surface area contributed by atoms with Gasteiger partial charge in [0.2, 0.25) is 0 Å². The molecule has 7 atom stereocenters. The van der Waals surface area contributed by atoms with Gasteiger partial charge in [0.25, 0.3) is 0 Å². The third-order valence-corrected chi connectivity index (χ3v) is 14.1. The number of thiophene rings is 1. The number of phenolic OH excluding ortho intramolecular Hbond substituents is 1. The van der Waals surface area contributed by atoms with Gasteiger partial charge in [0.15, 0.2) is 17.1 Å². The third kappa shape index (κ3) is 5.25. The molecular weight excluding hydrogens is 666 g/mol. The molecule has 5 fully saturated rings. The molecule has 1 unspecified atom stereocenters. The second-order valence-corrected chi connectivity index (χ2v) is 16.8. The number of aromatic hydroxyl groups is 1. The largest absolute Gasteiger partial charge is 0.504 e. The number of aliphatic carboxylic acids is 3. The van der Waals surface area contributed by atoms with Crippen molar-refractivity contribution in [1.82, 2.24) is 4.90 Å². The van der Waals surface area contributed by atoms with Gasteiger partial charge < -0.3 is 40.1 Å². The minimum Gasteiger partial charge on any atom is -0.504 e. The number of benzene rings is 1. The van der Waals surface area contributed by atoms with Gasteiger partial charge in [-0.2, -0.15) is 0 Å². The fourth-order valence-corrected chi connectivity index (χ4v) is 11.6. The summed E-state index contributed by atoms with van der Waals surface area (Å²) in [5.74, 6) is -3.20. The number of phenols is 1. The Kier molecular flexibility index (Phi) is 8.57. The van der Waals surface area contributed by atoms with Crippen molar-refractivity contribution in [2.45, 2.75) is 112 Å². The number of aliphatic hydroxyl groups is 2. The van der Waals surface area contributed by atoms with E-state index in [-0.39, 0.29) is 28.6 Å². The van der Waals surface area contributed by atoms with Crippen molar-refractivity contribution < 1.29 is 54.5 Å². The van der Waals surface area contributed by atoms with Crippen molar-refractivity contribution in [2.24, 2.45) is 17.3 Å². The van der Waals surface area contributed by atoms with Crippen LogP contribution in [0.4, 0.5) is 0 Å². The molecule has 2 aliphatic heterocycles. The van der Waals surface area contributed by atoms with Gasteiger partial charge >= 0.3 is 17.9 Å². The van der Waals surface area contributed by atoms with Crippen LogP contribution in [0.15, 0.2) is 29.6 Å². The van der Waals surface area contributed by atoms with Gasteiger partial charge in [-0.3, -0.25) is 14.5 Å². The molecule has 0 amide bonds. The molecule has 7 aliphatic rings. The normalized spacial score (nSPS) is 33.0. The number of carbonyl (C=O) groups is 3. The van der Waals surface area contributed by atoms with E-state index in [4.69, 9.17) is 29.9 Å². The van der Waals surface area contributed by atoms with Crippen LogP contribution in [-0.4, -0.2) is 103 Å². The van der Waals surface area contributed by atoms with Crippen LogP contribution in [0.2, 0.25) is 0 Å². The summed E-state index contributed by atoms with van der Waals surface area (Å²) in [6.07, 6.45) is 6.96. The molecule has 5 aliphatic carbocycles. The number of ether oxygens (including phenoxy) is 2. The lowest BCUT2D eigenvalue weighted by Crippen LogP contribution is -2.82. The molecule has 6 N–H and O–H groups in total. The Balaban J connectivity index is 0.000000260.